The highest BCUT2D eigenvalue weighted by Gasteiger charge is 2.21. The van der Waals surface area contributed by atoms with Crippen molar-refractivity contribution in [2.75, 3.05) is 0 Å². The number of nitrogens with zero attached hydrogens (tertiary/aromatic N) is 1. The van der Waals surface area contributed by atoms with Crippen LogP contribution in [0.5, 0.6) is 0 Å². The molecule has 2 aromatic rings. The average Bonchev–Trinajstić information content (AvgIpc) is 2.98. The van der Waals surface area contributed by atoms with Gasteiger partial charge in [0.1, 0.15) is 5.76 Å². The van der Waals surface area contributed by atoms with E-state index in [4.69, 9.17) is 4.42 Å². The van der Waals surface area contributed by atoms with Crippen molar-refractivity contribution in [3.63, 3.8) is 0 Å². The largest absolute Gasteiger partial charge is 0.467 e. The lowest BCUT2D eigenvalue weighted by atomic mass is 9.97. The molecule has 1 unspecified atom stereocenters. The van der Waals surface area contributed by atoms with Crippen molar-refractivity contribution in [1.29, 1.82) is 0 Å². The number of carbonyl (C=O) groups is 1. The van der Waals surface area contributed by atoms with Gasteiger partial charge in [-0.25, -0.2) is 0 Å². The zero-order valence-electron chi connectivity index (χ0n) is 13.0. The minimum absolute atomic E-state index is 0.158. The summed E-state index contributed by atoms with van der Waals surface area (Å²) in [5, 5.41) is 0. The Bertz CT molecular complexity index is 546. The SMILES string of the molecule is CC(CC(=O)N(Cc1ccco1)C(C)C)c1ccccc1. The smallest absolute Gasteiger partial charge is 0.223 e. The van der Waals surface area contributed by atoms with Gasteiger partial charge in [-0.3, -0.25) is 4.79 Å². The molecule has 1 heterocycles. The predicted molar refractivity (Wildman–Crippen MR) is 83.9 cm³/mol. The van der Waals surface area contributed by atoms with Crippen molar-refractivity contribution < 1.29 is 9.21 Å². The highest BCUT2D eigenvalue weighted by atomic mass is 16.3. The Kier molecular flexibility index (Phi) is 5.20. The van der Waals surface area contributed by atoms with Crippen LogP contribution in [0.2, 0.25) is 0 Å². The predicted octanol–water partition coefficient (Wildman–Crippen LogP) is 4.21. The Labute approximate surface area is 126 Å². The van der Waals surface area contributed by atoms with Crippen LogP contribution in [0.3, 0.4) is 0 Å². The number of hydrogen-bond donors (Lipinski definition) is 0. The van der Waals surface area contributed by atoms with Crippen molar-refractivity contribution in [1.82, 2.24) is 4.90 Å². The van der Waals surface area contributed by atoms with Crippen molar-refractivity contribution >= 4 is 5.91 Å². The maximum Gasteiger partial charge on any atom is 0.223 e. The quantitative estimate of drug-likeness (QED) is 0.796. The Balaban J connectivity index is 2.02. The van der Waals surface area contributed by atoms with Gasteiger partial charge in [0.25, 0.3) is 0 Å². The molecule has 0 bridgehead atoms. The second-order valence-corrected chi connectivity index (χ2v) is 5.71. The van der Waals surface area contributed by atoms with E-state index >= 15 is 0 Å². The Hall–Kier alpha value is -2.03. The fraction of sp³-hybridized carbons (Fsp3) is 0.389. The summed E-state index contributed by atoms with van der Waals surface area (Å²) in [7, 11) is 0. The molecule has 1 amide bonds. The van der Waals surface area contributed by atoms with Gasteiger partial charge >= 0.3 is 0 Å². The first-order chi connectivity index (χ1) is 10.1. The van der Waals surface area contributed by atoms with Gasteiger partial charge in [-0.15, -0.1) is 0 Å². The fourth-order valence-electron chi connectivity index (χ4n) is 2.41. The topological polar surface area (TPSA) is 33.5 Å². The summed E-state index contributed by atoms with van der Waals surface area (Å²) in [5.41, 5.74) is 1.20. The van der Waals surface area contributed by atoms with Crippen LogP contribution in [0, 0.1) is 0 Å². The lowest BCUT2D eigenvalue weighted by Crippen LogP contribution is -2.36. The van der Waals surface area contributed by atoms with Crippen LogP contribution in [0.25, 0.3) is 0 Å². The van der Waals surface area contributed by atoms with Crippen molar-refractivity contribution in [2.24, 2.45) is 0 Å². The van der Waals surface area contributed by atoms with Crippen molar-refractivity contribution in [3.05, 3.63) is 60.1 Å². The van der Waals surface area contributed by atoms with Gasteiger partial charge in [-0.1, -0.05) is 37.3 Å². The third-order valence-electron chi connectivity index (χ3n) is 3.70. The molecular formula is C18H23NO2. The first-order valence-electron chi connectivity index (χ1n) is 7.44. The third kappa shape index (κ3) is 4.22. The van der Waals surface area contributed by atoms with Crippen LogP contribution in [0.1, 0.15) is 44.4 Å². The number of carbonyl (C=O) groups excluding carboxylic acids is 1. The molecule has 3 nitrogen and oxygen atoms in total. The molecule has 0 aliphatic carbocycles. The summed E-state index contributed by atoms with van der Waals surface area (Å²) < 4.78 is 5.36. The van der Waals surface area contributed by atoms with Crippen molar-refractivity contribution in [3.8, 4) is 0 Å². The van der Waals surface area contributed by atoms with Crippen LogP contribution in [-0.2, 0) is 11.3 Å². The third-order valence-corrected chi connectivity index (χ3v) is 3.70. The zero-order valence-corrected chi connectivity index (χ0v) is 13.0. The van der Waals surface area contributed by atoms with E-state index < -0.39 is 0 Å². The van der Waals surface area contributed by atoms with Gasteiger partial charge in [0, 0.05) is 12.5 Å². The average molecular weight is 285 g/mol. The maximum absolute atomic E-state index is 12.6. The summed E-state index contributed by atoms with van der Waals surface area (Å²) in [6.07, 6.45) is 2.16. The van der Waals surface area contributed by atoms with E-state index in [-0.39, 0.29) is 17.9 Å². The molecule has 0 saturated heterocycles. The Morgan fingerprint density at radius 1 is 1.10 bits per heavy atom. The van der Waals surface area contributed by atoms with E-state index in [2.05, 4.69) is 19.1 Å². The van der Waals surface area contributed by atoms with E-state index in [0.29, 0.717) is 13.0 Å². The molecule has 3 heteroatoms. The molecule has 21 heavy (non-hydrogen) atoms. The minimum Gasteiger partial charge on any atom is -0.467 e. The molecule has 0 fully saturated rings. The van der Waals surface area contributed by atoms with E-state index in [1.54, 1.807) is 6.26 Å². The number of benzene rings is 1. The fourth-order valence-corrected chi connectivity index (χ4v) is 2.41. The van der Waals surface area contributed by atoms with Gasteiger partial charge in [0.2, 0.25) is 5.91 Å². The summed E-state index contributed by atoms with van der Waals surface area (Å²) >= 11 is 0. The molecule has 1 atom stereocenters. The van der Waals surface area contributed by atoms with Gasteiger partial charge in [0.15, 0.2) is 0 Å². The molecule has 1 aromatic carbocycles. The number of hydrogen-bond acceptors (Lipinski definition) is 2. The van der Waals surface area contributed by atoms with Gasteiger partial charge in [0.05, 0.1) is 12.8 Å². The lowest BCUT2D eigenvalue weighted by Gasteiger charge is -2.27. The number of amides is 1. The second kappa shape index (κ2) is 7.11. The highest BCUT2D eigenvalue weighted by Crippen LogP contribution is 2.21. The molecule has 0 saturated carbocycles. The minimum atomic E-state index is 0.158. The molecule has 0 radical (unpaired) electrons. The normalized spacial score (nSPS) is 12.4. The number of rotatable bonds is 6. The van der Waals surface area contributed by atoms with E-state index in [1.165, 1.54) is 5.56 Å². The zero-order chi connectivity index (χ0) is 15.2. The lowest BCUT2D eigenvalue weighted by molar-refractivity contribution is -0.134. The highest BCUT2D eigenvalue weighted by molar-refractivity contribution is 5.77. The van der Waals surface area contributed by atoms with Gasteiger partial charge < -0.3 is 9.32 Å². The molecule has 0 spiro atoms. The monoisotopic (exact) mass is 285 g/mol. The van der Waals surface area contributed by atoms with Crippen LogP contribution in [0.15, 0.2) is 53.1 Å². The first-order valence-corrected chi connectivity index (χ1v) is 7.44. The van der Waals surface area contributed by atoms with Gasteiger partial charge in [-0.05, 0) is 37.5 Å². The first kappa shape index (κ1) is 15.4. The molecule has 112 valence electrons. The van der Waals surface area contributed by atoms with Gasteiger partial charge in [-0.2, -0.15) is 0 Å². The molecular weight excluding hydrogens is 262 g/mol. The Morgan fingerprint density at radius 2 is 1.81 bits per heavy atom. The summed E-state index contributed by atoms with van der Waals surface area (Å²) in [6, 6.07) is 14.1. The van der Waals surface area contributed by atoms with E-state index in [1.807, 2.05) is 49.1 Å². The number of furan rings is 1. The van der Waals surface area contributed by atoms with E-state index in [9.17, 15) is 4.79 Å². The van der Waals surface area contributed by atoms with Crippen LogP contribution < -0.4 is 0 Å². The maximum atomic E-state index is 12.6. The molecule has 0 aliphatic heterocycles. The van der Waals surface area contributed by atoms with Crippen molar-refractivity contribution in [2.45, 2.75) is 45.7 Å². The summed E-state index contributed by atoms with van der Waals surface area (Å²) in [4.78, 5) is 14.5. The molecule has 0 aliphatic rings. The standard InChI is InChI=1S/C18H23NO2/c1-14(2)19(13-17-10-7-11-21-17)18(20)12-15(3)16-8-5-4-6-9-16/h4-11,14-15H,12-13H2,1-3H3. The van der Waals surface area contributed by atoms with E-state index in [0.717, 1.165) is 5.76 Å². The second-order valence-electron chi connectivity index (χ2n) is 5.71. The molecule has 2 rings (SSSR count). The molecule has 0 N–H and O–H groups in total. The van der Waals surface area contributed by atoms with Crippen LogP contribution in [0.4, 0.5) is 0 Å². The molecule has 1 aromatic heterocycles. The Morgan fingerprint density at radius 3 is 2.38 bits per heavy atom. The summed E-state index contributed by atoms with van der Waals surface area (Å²) in [5.74, 6) is 1.21. The van der Waals surface area contributed by atoms with Crippen LogP contribution in [-0.4, -0.2) is 16.8 Å². The van der Waals surface area contributed by atoms with Crippen LogP contribution >= 0.6 is 0 Å². The summed E-state index contributed by atoms with van der Waals surface area (Å²) in [6.45, 7) is 6.70.